The molecule has 2 unspecified atom stereocenters. The summed E-state index contributed by atoms with van der Waals surface area (Å²) in [5, 5.41) is 36.4. The van der Waals surface area contributed by atoms with E-state index in [4.69, 9.17) is 19.7 Å². The number of aliphatic hydroxyl groups is 2. The maximum absolute atomic E-state index is 12.7. The Morgan fingerprint density at radius 1 is 0.547 bits per heavy atom. The average molecular weight is 889 g/mol. The van der Waals surface area contributed by atoms with Crippen molar-refractivity contribution in [3.05, 3.63) is 120 Å². The van der Waals surface area contributed by atoms with Crippen molar-refractivity contribution >= 4 is 23.5 Å². The fraction of sp³-hybridized carbons (Fsp3) is 0.480. The highest BCUT2D eigenvalue weighted by molar-refractivity contribution is 5.99. The largest absolute Gasteiger partial charge is 0.490 e. The predicted molar refractivity (Wildman–Crippen MR) is 250 cm³/mol. The van der Waals surface area contributed by atoms with Gasteiger partial charge in [-0.15, -0.1) is 0 Å². The van der Waals surface area contributed by atoms with Crippen LogP contribution in [0, 0.1) is 0 Å². The normalized spacial score (nSPS) is 12.3. The lowest BCUT2D eigenvalue weighted by Crippen LogP contribution is -2.43. The Kier molecular flexibility index (Phi) is 24.1. The van der Waals surface area contributed by atoms with Crippen LogP contribution in [0.15, 0.2) is 97.3 Å². The van der Waals surface area contributed by atoms with Gasteiger partial charge < -0.3 is 39.0 Å². The summed E-state index contributed by atoms with van der Waals surface area (Å²) in [6.07, 6.45) is 6.09. The maximum Gasteiger partial charge on any atom is 0.328 e. The van der Waals surface area contributed by atoms with Crippen LogP contribution in [-0.4, -0.2) is 126 Å². The Morgan fingerprint density at radius 2 is 0.875 bits per heavy atom. The molecule has 0 bridgehead atoms. The third kappa shape index (κ3) is 19.9. The minimum absolute atomic E-state index is 0.0530. The first-order chi connectivity index (χ1) is 30.2. The molecule has 4 rings (SSSR count). The van der Waals surface area contributed by atoms with Crippen LogP contribution >= 0.6 is 0 Å². The molecule has 0 aliphatic carbocycles. The number of aryl methyl sites for hydroxylation is 4. The van der Waals surface area contributed by atoms with Gasteiger partial charge in [0.15, 0.2) is 11.6 Å². The zero-order valence-corrected chi connectivity index (χ0v) is 39.4. The van der Waals surface area contributed by atoms with Gasteiger partial charge in [-0.3, -0.25) is 19.4 Å². The second-order valence-electron chi connectivity index (χ2n) is 16.8. The highest BCUT2D eigenvalue weighted by Crippen LogP contribution is 2.23. The van der Waals surface area contributed by atoms with Crippen molar-refractivity contribution in [2.24, 2.45) is 14.1 Å². The molecule has 64 heavy (non-hydrogen) atoms. The Bertz CT molecular complexity index is 1890. The number of benzene rings is 2. The molecule has 2 heterocycles. The molecule has 0 amide bonds. The van der Waals surface area contributed by atoms with E-state index in [0.29, 0.717) is 97.7 Å². The van der Waals surface area contributed by atoms with Crippen molar-refractivity contribution in [3.8, 4) is 11.5 Å². The van der Waals surface area contributed by atoms with E-state index >= 15 is 0 Å². The van der Waals surface area contributed by atoms with Gasteiger partial charge in [0.05, 0.1) is 11.1 Å². The van der Waals surface area contributed by atoms with Crippen molar-refractivity contribution in [2.45, 2.75) is 117 Å². The van der Waals surface area contributed by atoms with E-state index in [2.05, 4.69) is 65.2 Å². The van der Waals surface area contributed by atoms with Crippen LogP contribution in [0.1, 0.15) is 100 Å². The molecule has 0 aliphatic rings. The molecule has 2 atom stereocenters. The minimum atomic E-state index is -1.26. The molecule has 0 aliphatic heterocycles. The lowest BCUT2D eigenvalue weighted by molar-refractivity contribution is -0.134. The van der Waals surface area contributed by atoms with Crippen molar-refractivity contribution in [2.75, 3.05) is 26.3 Å². The Morgan fingerprint density at radius 3 is 1.16 bits per heavy atom. The molecular weight excluding hydrogens is 817 g/mol. The van der Waals surface area contributed by atoms with Crippen LogP contribution < -0.4 is 9.47 Å². The number of para-hydroxylation sites is 2. The number of Topliss-reactive ketones (excluding diaryl/α,β-unsaturated/α-hetero) is 2. The predicted octanol–water partition coefficient (Wildman–Crippen LogP) is 7.11. The van der Waals surface area contributed by atoms with Gasteiger partial charge in [0.1, 0.15) is 36.9 Å². The fourth-order valence-corrected chi connectivity index (χ4v) is 7.05. The zero-order valence-electron chi connectivity index (χ0n) is 39.4. The molecule has 0 radical (unpaired) electrons. The van der Waals surface area contributed by atoms with E-state index in [1.165, 1.54) is 0 Å². The summed E-state index contributed by atoms with van der Waals surface area (Å²) in [4.78, 5) is 49.0. The Hall–Kier alpha value is -5.54. The van der Waals surface area contributed by atoms with Crippen molar-refractivity contribution in [3.63, 3.8) is 0 Å². The summed E-state index contributed by atoms with van der Waals surface area (Å²) in [5.41, 5.74) is 3.41. The molecule has 0 spiro atoms. The summed E-state index contributed by atoms with van der Waals surface area (Å²) < 4.78 is 15.7. The number of carbonyl (C=O) groups is 4. The smallest absolute Gasteiger partial charge is 0.328 e. The molecule has 4 aromatic rings. The van der Waals surface area contributed by atoms with Crippen molar-refractivity contribution in [1.29, 1.82) is 0 Å². The standard InChI is InChI=1S/2C23H34N2O3.C4H4O4/c2*1-17(2)25(18(3)4)15-20(26)16-28-23-11-7-6-10-21(23)22(27)13-12-19-9-8-14-24(19)5;5-3(6)1-2-4(7)8/h2*6-11,14,17-18,20,26H,12-13,15-16H2,1-5H3;1-2H,(H,5,6)(H,7,8)/b;;2-1+. The number of carbonyl (C=O) groups excluding carboxylic acids is 2. The number of hydrogen-bond donors (Lipinski definition) is 4. The van der Waals surface area contributed by atoms with Gasteiger partial charge in [0, 0.05) is 100 Å². The molecule has 14 nitrogen and oxygen atoms in total. The third-order valence-corrected chi connectivity index (χ3v) is 10.4. The molecule has 2 aromatic heterocycles. The topological polar surface area (TPSA) is 184 Å². The first-order valence-electron chi connectivity index (χ1n) is 21.9. The van der Waals surface area contributed by atoms with E-state index in [1.807, 2.05) is 84.2 Å². The number of carboxylic acid groups (broad SMARTS) is 2. The van der Waals surface area contributed by atoms with Crippen LogP contribution in [0.5, 0.6) is 11.5 Å². The summed E-state index contributed by atoms with van der Waals surface area (Å²) in [5.74, 6) is -1.33. The molecule has 2 aromatic carbocycles. The number of carboxylic acids is 2. The Balaban J connectivity index is 0.000000376. The number of ether oxygens (including phenoxy) is 2. The lowest BCUT2D eigenvalue weighted by atomic mass is 10.0. The summed E-state index contributed by atoms with van der Waals surface area (Å²) >= 11 is 0. The van der Waals surface area contributed by atoms with Gasteiger partial charge in [-0.25, -0.2) is 9.59 Å². The van der Waals surface area contributed by atoms with Gasteiger partial charge in [-0.1, -0.05) is 24.3 Å². The molecule has 0 saturated carbocycles. The number of aromatic nitrogens is 2. The van der Waals surface area contributed by atoms with Gasteiger partial charge >= 0.3 is 11.9 Å². The quantitative estimate of drug-likeness (QED) is 0.0414. The fourth-order valence-electron chi connectivity index (χ4n) is 7.05. The molecule has 352 valence electrons. The van der Waals surface area contributed by atoms with E-state index in [0.717, 1.165) is 11.4 Å². The molecule has 0 fully saturated rings. The van der Waals surface area contributed by atoms with Crippen LogP contribution in [0.2, 0.25) is 0 Å². The number of hydrogen-bond acceptors (Lipinski definition) is 10. The lowest BCUT2D eigenvalue weighted by Gasteiger charge is -2.32. The Labute approximate surface area is 379 Å². The summed E-state index contributed by atoms with van der Waals surface area (Å²) in [6.45, 7) is 18.4. The van der Waals surface area contributed by atoms with Crippen LogP contribution in [-0.2, 0) is 36.5 Å². The summed E-state index contributed by atoms with van der Waals surface area (Å²) in [7, 11) is 3.96. The van der Waals surface area contributed by atoms with Gasteiger partial charge in [-0.2, -0.15) is 0 Å². The number of aliphatic carboxylic acids is 2. The second-order valence-corrected chi connectivity index (χ2v) is 16.8. The number of nitrogens with zero attached hydrogens (tertiary/aromatic N) is 4. The van der Waals surface area contributed by atoms with Gasteiger partial charge in [0.25, 0.3) is 0 Å². The van der Waals surface area contributed by atoms with E-state index in [1.54, 1.807) is 24.3 Å². The monoisotopic (exact) mass is 889 g/mol. The highest BCUT2D eigenvalue weighted by Gasteiger charge is 2.21. The zero-order chi connectivity index (χ0) is 47.9. The van der Waals surface area contributed by atoms with Crippen LogP contribution in [0.25, 0.3) is 0 Å². The number of aliphatic hydroxyl groups excluding tert-OH is 2. The number of ketones is 2. The molecule has 14 heteroatoms. The minimum Gasteiger partial charge on any atom is -0.490 e. The highest BCUT2D eigenvalue weighted by atomic mass is 16.5. The van der Waals surface area contributed by atoms with E-state index in [-0.39, 0.29) is 24.8 Å². The van der Waals surface area contributed by atoms with E-state index < -0.39 is 24.1 Å². The first-order valence-corrected chi connectivity index (χ1v) is 21.9. The van der Waals surface area contributed by atoms with Crippen molar-refractivity contribution in [1.82, 2.24) is 18.9 Å². The van der Waals surface area contributed by atoms with Gasteiger partial charge in [-0.05, 0) is 117 Å². The van der Waals surface area contributed by atoms with E-state index in [9.17, 15) is 29.4 Å². The third-order valence-electron chi connectivity index (χ3n) is 10.4. The van der Waals surface area contributed by atoms with Gasteiger partial charge in [0.2, 0.25) is 0 Å². The molecule has 0 saturated heterocycles. The summed E-state index contributed by atoms with van der Waals surface area (Å²) in [6, 6.07) is 24.0. The average Bonchev–Trinajstić information content (AvgIpc) is 3.86. The molecule has 4 N–H and O–H groups in total. The second kappa shape index (κ2) is 28.3. The maximum atomic E-state index is 12.7. The molecular formula is C50H72N4O10. The van der Waals surface area contributed by atoms with Crippen LogP contribution in [0.4, 0.5) is 0 Å². The number of rotatable bonds is 24. The first kappa shape index (κ1) is 54.6. The van der Waals surface area contributed by atoms with Crippen LogP contribution in [0.3, 0.4) is 0 Å². The van der Waals surface area contributed by atoms with Crippen molar-refractivity contribution < 1.29 is 49.1 Å². The SMILES string of the molecule is CC(C)N(CC(O)COc1ccccc1C(=O)CCc1cccn1C)C(C)C.CC(C)N(CC(O)COc1ccccc1C(=O)CCc1cccn1C)C(C)C.O=C(O)/C=C/C(=O)O.